The molecule has 2 rings (SSSR count). The molecule has 0 bridgehead atoms. The zero-order valence-electron chi connectivity index (χ0n) is 12.4. The summed E-state index contributed by atoms with van der Waals surface area (Å²) in [5, 5.41) is 3.52. The number of anilines is 1. The average molecular weight is 413 g/mol. The molecule has 0 aliphatic heterocycles. The lowest BCUT2D eigenvalue weighted by Gasteiger charge is -2.15. The predicted molar refractivity (Wildman–Crippen MR) is 96.3 cm³/mol. The number of rotatable bonds is 5. The number of benzene rings is 2. The van der Waals surface area contributed by atoms with E-state index in [2.05, 4.69) is 87.4 Å². The second-order valence-corrected chi connectivity index (χ2v) is 6.90. The molecule has 0 saturated carbocycles. The van der Waals surface area contributed by atoms with Crippen molar-refractivity contribution in [2.24, 2.45) is 0 Å². The van der Waals surface area contributed by atoms with Crippen LogP contribution in [-0.4, -0.2) is 7.11 Å². The van der Waals surface area contributed by atoms with E-state index in [0.717, 1.165) is 21.2 Å². The second-order valence-electron chi connectivity index (χ2n) is 5.19. The smallest absolute Gasteiger partial charge is 0.147 e. The minimum Gasteiger partial charge on any atom is -0.494 e. The van der Waals surface area contributed by atoms with Gasteiger partial charge in [-0.15, -0.1) is 0 Å². The standard InChI is InChI=1S/C17H19Br2NO/c1-11(2)13-6-4-5-7-16(13)20-10-12-8-14(18)17(21-3)15(19)9-12/h4-9,11,20H,10H2,1-3H3. The Hall–Kier alpha value is -1.00. The van der Waals surface area contributed by atoms with Crippen LogP contribution in [0.2, 0.25) is 0 Å². The summed E-state index contributed by atoms with van der Waals surface area (Å²) in [6.07, 6.45) is 0. The number of para-hydroxylation sites is 1. The van der Waals surface area contributed by atoms with Crippen molar-refractivity contribution in [1.82, 2.24) is 0 Å². The van der Waals surface area contributed by atoms with Crippen molar-refractivity contribution in [3.63, 3.8) is 0 Å². The highest BCUT2D eigenvalue weighted by molar-refractivity contribution is 9.11. The zero-order valence-corrected chi connectivity index (χ0v) is 15.6. The third kappa shape index (κ3) is 4.01. The minimum absolute atomic E-state index is 0.503. The van der Waals surface area contributed by atoms with E-state index in [1.807, 2.05) is 0 Å². The number of halogens is 2. The average Bonchev–Trinajstić information content (AvgIpc) is 2.45. The van der Waals surface area contributed by atoms with Gasteiger partial charge in [0.05, 0.1) is 16.1 Å². The first-order valence-corrected chi connectivity index (χ1v) is 8.46. The summed E-state index contributed by atoms with van der Waals surface area (Å²) in [6.45, 7) is 5.19. The highest BCUT2D eigenvalue weighted by Crippen LogP contribution is 2.34. The molecule has 2 aromatic rings. The van der Waals surface area contributed by atoms with Crippen molar-refractivity contribution < 1.29 is 4.74 Å². The SMILES string of the molecule is COc1c(Br)cc(CNc2ccccc2C(C)C)cc1Br. The summed E-state index contributed by atoms with van der Waals surface area (Å²) in [7, 11) is 1.67. The van der Waals surface area contributed by atoms with Crippen LogP contribution in [-0.2, 0) is 6.54 Å². The van der Waals surface area contributed by atoms with Gasteiger partial charge in [-0.1, -0.05) is 32.0 Å². The van der Waals surface area contributed by atoms with Crippen molar-refractivity contribution >= 4 is 37.5 Å². The molecule has 0 spiro atoms. The number of hydrogen-bond acceptors (Lipinski definition) is 2. The van der Waals surface area contributed by atoms with Crippen molar-refractivity contribution in [3.05, 3.63) is 56.5 Å². The highest BCUT2D eigenvalue weighted by Gasteiger charge is 2.09. The van der Waals surface area contributed by atoms with Crippen LogP contribution < -0.4 is 10.1 Å². The molecule has 21 heavy (non-hydrogen) atoms. The predicted octanol–water partition coefficient (Wildman–Crippen LogP) is 5.96. The van der Waals surface area contributed by atoms with Crippen molar-refractivity contribution in [2.45, 2.75) is 26.3 Å². The molecule has 112 valence electrons. The van der Waals surface area contributed by atoms with Crippen molar-refractivity contribution in [2.75, 3.05) is 12.4 Å². The molecule has 0 saturated heterocycles. The topological polar surface area (TPSA) is 21.3 Å². The van der Waals surface area contributed by atoms with E-state index in [0.29, 0.717) is 5.92 Å². The molecule has 0 aliphatic rings. The van der Waals surface area contributed by atoms with E-state index in [9.17, 15) is 0 Å². The summed E-state index contributed by atoms with van der Waals surface area (Å²) in [4.78, 5) is 0. The fourth-order valence-electron chi connectivity index (χ4n) is 2.27. The van der Waals surface area contributed by atoms with E-state index in [4.69, 9.17) is 4.74 Å². The third-order valence-corrected chi connectivity index (χ3v) is 4.51. The molecule has 0 radical (unpaired) electrons. The first-order chi connectivity index (χ1) is 10.0. The summed E-state index contributed by atoms with van der Waals surface area (Å²) in [6, 6.07) is 12.6. The summed E-state index contributed by atoms with van der Waals surface area (Å²) in [5.41, 5.74) is 3.72. The van der Waals surface area contributed by atoms with E-state index < -0.39 is 0 Å². The van der Waals surface area contributed by atoms with Crippen LogP contribution in [0.25, 0.3) is 0 Å². The fourth-order valence-corrected chi connectivity index (χ4v) is 3.87. The van der Waals surface area contributed by atoms with Crippen LogP contribution >= 0.6 is 31.9 Å². The van der Waals surface area contributed by atoms with Gasteiger partial charge in [-0.25, -0.2) is 0 Å². The van der Waals surface area contributed by atoms with Gasteiger partial charge in [0.15, 0.2) is 0 Å². The van der Waals surface area contributed by atoms with Gasteiger partial charge in [-0.05, 0) is 67.1 Å². The lowest BCUT2D eigenvalue weighted by molar-refractivity contribution is 0.409. The molecule has 0 fully saturated rings. The van der Waals surface area contributed by atoms with E-state index >= 15 is 0 Å². The van der Waals surface area contributed by atoms with Gasteiger partial charge in [-0.2, -0.15) is 0 Å². The lowest BCUT2D eigenvalue weighted by Crippen LogP contribution is -2.03. The summed E-state index contributed by atoms with van der Waals surface area (Å²) in [5.74, 6) is 1.32. The maximum Gasteiger partial charge on any atom is 0.147 e. The van der Waals surface area contributed by atoms with Crippen LogP contribution in [0.1, 0.15) is 30.9 Å². The van der Waals surface area contributed by atoms with Crippen LogP contribution in [0.4, 0.5) is 5.69 Å². The quantitative estimate of drug-likeness (QED) is 0.654. The molecular weight excluding hydrogens is 394 g/mol. The number of methoxy groups -OCH3 is 1. The largest absolute Gasteiger partial charge is 0.494 e. The van der Waals surface area contributed by atoms with Gasteiger partial charge in [0.25, 0.3) is 0 Å². The first kappa shape index (κ1) is 16.4. The fraction of sp³-hybridized carbons (Fsp3) is 0.294. The van der Waals surface area contributed by atoms with Gasteiger partial charge < -0.3 is 10.1 Å². The number of ether oxygens (including phenoxy) is 1. The maximum absolute atomic E-state index is 5.33. The molecule has 0 unspecified atom stereocenters. The Balaban J connectivity index is 2.17. The molecule has 4 heteroatoms. The molecule has 0 aromatic heterocycles. The Labute approximate surface area is 143 Å². The third-order valence-electron chi connectivity index (χ3n) is 3.33. The minimum atomic E-state index is 0.503. The van der Waals surface area contributed by atoms with Gasteiger partial charge in [0.2, 0.25) is 0 Å². The zero-order chi connectivity index (χ0) is 15.4. The maximum atomic E-state index is 5.33. The number of nitrogens with one attached hydrogen (secondary N) is 1. The Kier molecular flexibility index (Phi) is 5.71. The number of hydrogen-bond donors (Lipinski definition) is 1. The molecular formula is C17H19Br2NO. The van der Waals surface area contributed by atoms with Crippen LogP contribution in [0.15, 0.2) is 45.3 Å². The summed E-state index contributed by atoms with van der Waals surface area (Å²) >= 11 is 7.08. The summed E-state index contributed by atoms with van der Waals surface area (Å²) < 4.78 is 7.23. The van der Waals surface area contributed by atoms with Gasteiger partial charge in [0, 0.05) is 12.2 Å². The van der Waals surface area contributed by atoms with Crippen LogP contribution in [0.3, 0.4) is 0 Å². The lowest BCUT2D eigenvalue weighted by atomic mass is 10.0. The van der Waals surface area contributed by atoms with Crippen molar-refractivity contribution in [1.29, 1.82) is 0 Å². The van der Waals surface area contributed by atoms with E-state index in [-0.39, 0.29) is 0 Å². The molecule has 0 heterocycles. The van der Waals surface area contributed by atoms with Gasteiger partial charge in [-0.3, -0.25) is 0 Å². The molecule has 0 aliphatic carbocycles. The van der Waals surface area contributed by atoms with Crippen LogP contribution in [0.5, 0.6) is 5.75 Å². The Morgan fingerprint density at radius 3 is 2.29 bits per heavy atom. The normalized spacial score (nSPS) is 10.8. The first-order valence-electron chi connectivity index (χ1n) is 6.87. The molecule has 2 nitrogen and oxygen atoms in total. The Morgan fingerprint density at radius 1 is 1.10 bits per heavy atom. The van der Waals surface area contributed by atoms with Gasteiger partial charge >= 0.3 is 0 Å². The Morgan fingerprint density at radius 2 is 1.71 bits per heavy atom. The molecule has 2 aromatic carbocycles. The highest BCUT2D eigenvalue weighted by atomic mass is 79.9. The monoisotopic (exact) mass is 411 g/mol. The molecule has 0 atom stereocenters. The molecule has 1 N–H and O–H groups in total. The van der Waals surface area contributed by atoms with Gasteiger partial charge in [0.1, 0.15) is 5.75 Å². The van der Waals surface area contributed by atoms with Crippen molar-refractivity contribution in [3.8, 4) is 5.75 Å². The van der Waals surface area contributed by atoms with Crippen LogP contribution in [0, 0.1) is 0 Å². The molecule has 0 amide bonds. The van der Waals surface area contributed by atoms with E-state index in [1.54, 1.807) is 7.11 Å². The Bertz CT molecular complexity index is 603. The van der Waals surface area contributed by atoms with E-state index in [1.165, 1.54) is 16.8 Å². The second kappa shape index (κ2) is 7.32.